The SMILES string of the molecule is Cc1nccn1CCSc1cc(Br)ccc1N. The molecule has 0 amide bonds. The molecule has 0 atom stereocenters. The lowest BCUT2D eigenvalue weighted by Gasteiger charge is -2.07. The molecular weight excluding hydrogens is 298 g/mol. The Bertz CT molecular complexity index is 510. The van der Waals surface area contributed by atoms with E-state index in [1.807, 2.05) is 31.5 Å². The van der Waals surface area contributed by atoms with E-state index >= 15 is 0 Å². The highest BCUT2D eigenvalue weighted by molar-refractivity contribution is 9.10. The van der Waals surface area contributed by atoms with Crippen LogP contribution in [-0.2, 0) is 6.54 Å². The second-order valence-electron chi connectivity index (χ2n) is 3.70. The van der Waals surface area contributed by atoms with E-state index in [2.05, 4.69) is 31.5 Å². The Morgan fingerprint density at radius 1 is 1.47 bits per heavy atom. The van der Waals surface area contributed by atoms with Crippen molar-refractivity contribution in [2.24, 2.45) is 0 Å². The summed E-state index contributed by atoms with van der Waals surface area (Å²) >= 11 is 5.22. The third kappa shape index (κ3) is 3.26. The van der Waals surface area contributed by atoms with E-state index < -0.39 is 0 Å². The normalized spacial score (nSPS) is 10.7. The number of nitrogen functional groups attached to an aromatic ring is 1. The smallest absolute Gasteiger partial charge is 0.105 e. The van der Waals surface area contributed by atoms with Crippen LogP contribution < -0.4 is 5.73 Å². The Morgan fingerprint density at radius 2 is 2.29 bits per heavy atom. The van der Waals surface area contributed by atoms with E-state index in [1.165, 1.54) is 0 Å². The fourth-order valence-corrected chi connectivity index (χ4v) is 2.99. The number of hydrogen-bond acceptors (Lipinski definition) is 3. The number of thioether (sulfide) groups is 1. The maximum absolute atomic E-state index is 5.92. The lowest BCUT2D eigenvalue weighted by Crippen LogP contribution is -2.01. The number of aryl methyl sites for hydroxylation is 2. The third-order valence-corrected chi connectivity index (χ3v) is 4.03. The van der Waals surface area contributed by atoms with Gasteiger partial charge in [0.15, 0.2) is 0 Å². The summed E-state index contributed by atoms with van der Waals surface area (Å²) in [6.45, 7) is 2.96. The molecule has 0 radical (unpaired) electrons. The van der Waals surface area contributed by atoms with Crippen molar-refractivity contribution in [3.8, 4) is 0 Å². The largest absolute Gasteiger partial charge is 0.398 e. The molecule has 1 aromatic carbocycles. The van der Waals surface area contributed by atoms with Crippen molar-refractivity contribution in [3.05, 3.63) is 40.9 Å². The molecule has 0 saturated carbocycles. The minimum Gasteiger partial charge on any atom is -0.398 e. The first-order valence-electron chi connectivity index (χ1n) is 5.32. The maximum atomic E-state index is 5.92. The van der Waals surface area contributed by atoms with Gasteiger partial charge in [0, 0.05) is 39.7 Å². The molecule has 3 nitrogen and oxygen atoms in total. The molecule has 0 spiro atoms. The van der Waals surface area contributed by atoms with Crippen molar-refractivity contribution in [1.82, 2.24) is 9.55 Å². The summed E-state index contributed by atoms with van der Waals surface area (Å²) in [7, 11) is 0. The van der Waals surface area contributed by atoms with Gasteiger partial charge in [-0.2, -0.15) is 0 Å². The summed E-state index contributed by atoms with van der Waals surface area (Å²) in [5, 5.41) is 0. The van der Waals surface area contributed by atoms with E-state index in [0.717, 1.165) is 33.2 Å². The van der Waals surface area contributed by atoms with Crippen LogP contribution in [0.3, 0.4) is 0 Å². The average Bonchev–Trinajstić information content (AvgIpc) is 2.70. The van der Waals surface area contributed by atoms with Gasteiger partial charge in [-0.1, -0.05) is 15.9 Å². The van der Waals surface area contributed by atoms with E-state index in [4.69, 9.17) is 5.73 Å². The molecule has 5 heteroatoms. The van der Waals surface area contributed by atoms with Gasteiger partial charge in [0.1, 0.15) is 5.82 Å². The molecule has 2 aromatic rings. The summed E-state index contributed by atoms with van der Waals surface area (Å²) in [4.78, 5) is 5.32. The Hall–Kier alpha value is -0.940. The van der Waals surface area contributed by atoms with Crippen molar-refractivity contribution < 1.29 is 0 Å². The van der Waals surface area contributed by atoms with Gasteiger partial charge in [-0.15, -0.1) is 11.8 Å². The highest BCUT2D eigenvalue weighted by Gasteiger charge is 2.02. The van der Waals surface area contributed by atoms with Crippen LogP contribution >= 0.6 is 27.7 Å². The quantitative estimate of drug-likeness (QED) is 0.696. The zero-order chi connectivity index (χ0) is 12.3. The van der Waals surface area contributed by atoms with Crippen LogP contribution in [0.4, 0.5) is 5.69 Å². The Kier molecular flexibility index (Phi) is 4.12. The summed E-state index contributed by atoms with van der Waals surface area (Å²) in [6.07, 6.45) is 3.83. The second-order valence-corrected chi connectivity index (χ2v) is 5.75. The van der Waals surface area contributed by atoms with Crippen molar-refractivity contribution in [3.63, 3.8) is 0 Å². The zero-order valence-corrected chi connectivity index (χ0v) is 12.0. The molecule has 0 aliphatic heterocycles. The van der Waals surface area contributed by atoms with Crippen molar-refractivity contribution in [1.29, 1.82) is 0 Å². The minimum absolute atomic E-state index is 0.834. The molecule has 0 fully saturated rings. The Morgan fingerprint density at radius 3 is 3.00 bits per heavy atom. The lowest BCUT2D eigenvalue weighted by molar-refractivity contribution is 0.738. The molecular formula is C12H14BrN3S. The second kappa shape index (κ2) is 5.60. The van der Waals surface area contributed by atoms with E-state index in [1.54, 1.807) is 11.8 Å². The van der Waals surface area contributed by atoms with Crippen LogP contribution in [0.25, 0.3) is 0 Å². The Balaban J connectivity index is 1.94. The van der Waals surface area contributed by atoms with Gasteiger partial charge >= 0.3 is 0 Å². The highest BCUT2D eigenvalue weighted by Crippen LogP contribution is 2.28. The molecule has 0 saturated heterocycles. The third-order valence-electron chi connectivity index (χ3n) is 2.49. The standard InChI is InChI=1S/C12H14BrN3S/c1-9-15-4-5-16(9)6-7-17-12-8-10(13)2-3-11(12)14/h2-5,8H,6-7,14H2,1H3. The predicted molar refractivity (Wildman–Crippen MR) is 76.2 cm³/mol. The van der Waals surface area contributed by atoms with Crippen LogP contribution in [0.15, 0.2) is 40.0 Å². The van der Waals surface area contributed by atoms with E-state index in [0.29, 0.717) is 0 Å². The molecule has 2 rings (SSSR count). The van der Waals surface area contributed by atoms with Crippen LogP contribution in [-0.4, -0.2) is 15.3 Å². The van der Waals surface area contributed by atoms with Gasteiger partial charge in [0.25, 0.3) is 0 Å². The number of nitrogens with zero attached hydrogens (tertiary/aromatic N) is 2. The number of halogens is 1. The monoisotopic (exact) mass is 311 g/mol. The molecule has 17 heavy (non-hydrogen) atoms. The number of benzene rings is 1. The average molecular weight is 312 g/mol. The van der Waals surface area contributed by atoms with Crippen LogP contribution in [0.2, 0.25) is 0 Å². The van der Waals surface area contributed by atoms with Crippen LogP contribution in [0, 0.1) is 6.92 Å². The first-order valence-corrected chi connectivity index (χ1v) is 7.10. The Labute approximate surface area is 114 Å². The molecule has 1 heterocycles. The number of imidazole rings is 1. The minimum atomic E-state index is 0.834. The van der Waals surface area contributed by atoms with E-state index in [9.17, 15) is 0 Å². The van der Waals surface area contributed by atoms with Gasteiger partial charge in [-0.25, -0.2) is 4.98 Å². The summed E-state index contributed by atoms with van der Waals surface area (Å²) in [5.74, 6) is 2.03. The van der Waals surface area contributed by atoms with Crippen molar-refractivity contribution in [2.75, 3.05) is 11.5 Å². The van der Waals surface area contributed by atoms with Crippen LogP contribution in [0.1, 0.15) is 5.82 Å². The number of anilines is 1. The lowest BCUT2D eigenvalue weighted by atomic mass is 10.3. The molecule has 1 aromatic heterocycles. The van der Waals surface area contributed by atoms with Gasteiger partial charge in [-0.05, 0) is 25.1 Å². The first kappa shape index (κ1) is 12.5. The number of rotatable bonds is 4. The fraction of sp³-hybridized carbons (Fsp3) is 0.250. The molecule has 2 N–H and O–H groups in total. The molecule has 0 unspecified atom stereocenters. The topological polar surface area (TPSA) is 43.8 Å². The number of aromatic nitrogens is 2. The van der Waals surface area contributed by atoms with Crippen LogP contribution in [0.5, 0.6) is 0 Å². The highest BCUT2D eigenvalue weighted by atomic mass is 79.9. The van der Waals surface area contributed by atoms with Gasteiger partial charge in [0.05, 0.1) is 0 Å². The van der Waals surface area contributed by atoms with Crippen molar-refractivity contribution in [2.45, 2.75) is 18.4 Å². The summed E-state index contributed by atoms with van der Waals surface area (Å²) in [5.41, 5.74) is 6.75. The predicted octanol–water partition coefficient (Wildman–Crippen LogP) is 3.33. The molecule has 0 aliphatic carbocycles. The summed E-state index contributed by atoms with van der Waals surface area (Å²) in [6, 6.07) is 5.94. The van der Waals surface area contributed by atoms with E-state index in [-0.39, 0.29) is 0 Å². The summed E-state index contributed by atoms with van der Waals surface area (Å²) < 4.78 is 3.20. The molecule has 0 aliphatic rings. The van der Waals surface area contributed by atoms with Crippen molar-refractivity contribution >= 4 is 33.4 Å². The molecule has 90 valence electrons. The first-order chi connectivity index (χ1) is 8.16. The number of hydrogen-bond donors (Lipinski definition) is 1. The molecule has 0 bridgehead atoms. The number of nitrogens with two attached hydrogens (primary N) is 1. The maximum Gasteiger partial charge on any atom is 0.105 e. The fourth-order valence-electron chi connectivity index (χ4n) is 1.53. The van der Waals surface area contributed by atoms with Gasteiger partial charge in [0.2, 0.25) is 0 Å². The van der Waals surface area contributed by atoms with Gasteiger partial charge in [-0.3, -0.25) is 0 Å². The van der Waals surface area contributed by atoms with Gasteiger partial charge < -0.3 is 10.3 Å². The zero-order valence-electron chi connectivity index (χ0n) is 9.56.